The summed E-state index contributed by atoms with van der Waals surface area (Å²) in [5.74, 6) is 0.696. The number of hydrazone groups is 1. The third-order valence-corrected chi connectivity index (χ3v) is 3.80. The van der Waals surface area contributed by atoms with Crippen molar-refractivity contribution in [3.63, 3.8) is 0 Å². The number of nitrogens with zero attached hydrogens (tertiary/aromatic N) is 4. The summed E-state index contributed by atoms with van der Waals surface area (Å²) in [5.41, 5.74) is 8.83. The molecule has 2 aromatic heterocycles. The van der Waals surface area contributed by atoms with E-state index in [0.29, 0.717) is 5.84 Å². The Morgan fingerprint density at radius 3 is 2.54 bits per heavy atom. The Morgan fingerprint density at radius 1 is 0.875 bits per heavy atom. The van der Waals surface area contributed by atoms with Gasteiger partial charge >= 0.3 is 0 Å². The second kappa shape index (κ2) is 6.04. The molecule has 4 rings (SSSR count). The van der Waals surface area contributed by atoms with Crippen LogP contribution < -0.4 is 5.43 Å². The predicted octanol–water partition coefficient (Wildman–Crippen LogP) is 3.22. The lowest BCUT2D eigenvalue weighted by molar-refractivity contribution is 1.03. The second-order valence-electron chi connectivity index (χ2n) is 5.53. The van der Waals surface area contributed by atoms with E-state index in [1.807, 2.05) is 36.5 Å². The topological polar surface area (TPSA) is 62.5 Å². The Balaban J connectivity index is 1.89. The van der Waals surface area contributed by atoms with E-state index in [4.69, 9.17) is 4.99 Å². The standard InChI is InChI=1S/C19H15N5/c1-13-4-5-17-16(11-13)18(15-3-2-8-21-12-15)23-24-19(22-17)14-6-9-20-10-7-14/h2-12H,1H3,(H,22,24). The summed E-state index contributed by atoms with van der Waals surface area (Å²) in [6.07, 6.45) is 7.05. The fourth-order valence-corrected chi connectivity index (χ4v) is 2.61. The molecule has 3 aromatic rings. The summed E-state index contributed by atoms with van der Waals surface area (Å²) >= 11 is 0. The van der Waals surface area contributed by atoms with Gasteiger partial charge in [-0.3, -0.25) is 15.4 Å². The summed E-state index contributed by atoms with van der Waals surface area (Å²) in [7, 11) is 0. The summed E-state index contributed by atoms with van der Waals surface area (Å²) in [6.45, 7) is 2.06. The van der Waals surface area contributed by atoms with Gasteiger partial charge in [0.2, 0.25) is 0 Å². The first-order valence-corrected chi connectivity index (χ1v) is 7.65. The Morgan fingerprint density at radius 2 is 1.75 bits per heavy atom. The largest absolute Gasteiger partial charge is 0.265 e. The molecule has 0 fully saturated rings. The third-order valence-electron chi connectivity index (χ3n) is 3.80. The van der Waals surface area contributed by atoms with E-state index in [2.05, 4.69) is 39.6 Å². The highest BCUT2D eigenvalue weighted by Gasteiger charge is 2.17. The number of aryl methyl sites for hydroxylation is 1. The van der Waals surface area contributed by atoms with Crippen molar-refractivity contribution in [2.75, 3.05) is 0 Å². The zero-order valence-corrected chi connectivity index (χ0v) is 13.1. The maximum absolute atomic E-state index is 4.77. The van der Waals surface area contributed by atoms with Crippen LogP contribution in [0.4, 0.5) is 5.69 Å². The van der Waals surface area contributed by atoms with Crippen molar-refractivity contribution >= 4 is 17.2 Å². The number of rotatable bonds is 2. The monoisotopic (exact) mass is 313 g/mol. The first kappa shape index (κ1) is 14.3. The predicted molar refractivity (Wildman–Crippen MR) is 94.6 cm³/mol. The lowest BCUT2D eigenvalue weighted by atomic mass is 10.0. The van der Waals surface area contributed by atoms with Crippen LogP contribution >= 0.6 is 0 Å². The van der Waals surface area contributed by atoms with Crippen LogP contribution in [0.25, 0.3) is 0 Å². The average molecular weight is 313 g/mol. The molecule has 5 heteroatoms. The van der Waals surface area contributed by atoms with Crippen LogP contribution in [0.3, 0.4) is 0 Å². The van der Waals surface area contributed by atoms with E-state index in [1.165, 1.54) is 0 Å². The number of aliphatic imine (C=N–C) groups is 1. The van der Waals surface area contributed by atoms with Gasteiger partial charge < -0.3 is 0 Å². The van der Waals surface area contributed by atoms with Crippen LogP contribution in [0.1, 0.15) is 22.3 Å². The van der Waals surface area contributed by atoms with Crippen molar-refractivity contribution in [2.24, 2.45) is 10.1 Å². The minimum absolute atomic E-state index is 0.696. The van der Waals surface area contributed by atoms with Gasteiger partial charge in [0, 0.05) is 41.5 Å². The summed E-state index contributed by atoms with van der Waals surface area (Å²) < 4.78 is 0. The van der Waals surface area contributed by atoms with Crippen LogP contribution in [0.5, 0.6) is 0 Å². The van der Waals surface area contributed by atoms with Crippen LogP contribution in [0.2, 0.25) is 0 Å². The SMILES string of the molecule is Cc1ccc2c(c1)C(c1cccnc1)=NNC(c1ccncc1)=N2. The maximum Gasteiger partial charge on any atom is 0.154 e. The van der Waals surface area contributed by atoms with Crippen molar-refractivity contribution in [2.45, 2.75) is 6.92 Å². The number of aromatic nitrogens is 2. The molecule has 0 radical (unpaired) electrons. The third kappa shape index (κ3) is 2.67. The van der Waals surface area contributed by atoms with Crippen LogP contribution in [-0.2, 0) is 0 Å². The number of fused-ring (bicyclic) bond motifs is 1. The number of benzene rings is 1. The van der Waals surface area contributed by atoms with Gasteiger partial charge in [0.1, 0.15) is 5.71 Å². The first-order chi connectivity index (χ1) is 11.8. The van der Waals surface area contributed by atoms with Gasteiger partial charge in [-0.2, -0.15) is 5.10 Å². The summed E-state index contributed by atoms with van der Waals surface area (Å²) in [5, 5.41) is 4.61. The Labute approximate surface area is 139 Å². The number of pyridine rings is 2. The molecule has 0 unspecified atom stereocenters. The molecule has 0 aliphatic carbocycles. The van der Waals surface area contributed by atoms with Crippen molar-refractivity contribution in [3.8, 4) is 0 Å². The van der Waals surface area contributed by atoms with E-state index in [9.17, 15) is 0 Å². The zero-order chi connectivity index (χ0) is 16.4. The van der Waals surface area contributed by atoms with Crippen LogP contribution in [-0.4, -0.2) is 21.5 Å². The molecule has 0 spiro atoms. The molecule has 1 N–H and O–H groups in total. The Hall–Kier alpha value is -3.34. The Kier molecular flexibility index (Phi) is 3.59. The van der Waals surface area contributed by atoms with Gasteiger partial charge in [0.15, 0.2) is 5.84 Å². The van der Waals surface area contributed by atoms with Crippen molar-refractivity contribution in [1.82, 2.24) is 15.4 Å². The zero-order valence-electron chi connectivity index (χ0n) is 13.1. The number of nitrogens with one attached hydrogen (secondary N) is 1. The normalized spacial score (nSPS) is 13.2. The highest BCUT2D eigenvalue weighted by Crippen LogP contribution is 2.26. The molecule has 24 heavy (non-hydrogen) atoms. The highest BCUT2D eigenvalue weighted by atomic mass is 15.3. The molecule has 0 bridgehead atoms. The molecule has 0 amide bonds. The van der Waals surface area contributed by atoms with Crippen LogP contribution in [0, 0.1) is 6.92 Å². The molecule has 0 atom stereocenters. The van der Waals surface area contributed by atoms with E-state index < -0.39 is 0 Å². The van der Waals surface area contributed by atoms with Crippen molar-refractivity contribution in [1.29, 1.82) is 0 Å². The second-order valence-corrected chi connectivity index (χ2v) is 5.53. The molecule has 0 saturated heterocycles. The molecule has 0 saturated carbocycles. The lowest BCUT2D eigenvalue weighted by Gasteiger charge is -2.08. The molecule has 1 aliphatic heterocycles. The van der Waals surface area contributed by atoms with E-state index >= 15 is 0 Å². The summed E-state index contributed by atoms with van der Waals surface area (Å²) in [6, 6.07) is 13.9. The van der Waals surface area contributed by atoms with E-state index in [-0.39, 0.29) is 0 Å². The average Bonchev–Trinajstić information content (AvgIpc) is 2.82. The molecule has 116 valence electrons. The highest BCUT2D eigenvalue weighted by molar-refractivity contribution is 6.17. The van der Waals surface area contributed by atoms with Gasteiger partial charge in [-0.15, -0.1) is 0 Å². The van der Waals surface area contributed by atoms with Crippen molar-refractivity contribution < 1.29 is 0 Å². The van der Waals surface area contributed by atoms with E-state index in [1.54, 1.807) is 18.6 Å². The molecular formula is C19H15N5. The number of hydrogen-bond acceptors (Lipinski definition) is 5. The fourth-order valence-electron chi connectivity index (χ4n) is 2.61. The molecule has 5 nitrogen and oxygen atoms in total. The minimum Gasteiger partial charge on any atom is -0.265 e. The van der Waals surface area contributed by atoms with Crippen molar-refractivity contribution in [3.05, 3.63) is 89.5 Å². The molecule has 1 aliphatic rings. The lowest BCUT2D eigenvalue weighted by Crippen LogP contribution is -2.19. The van der Waals surface area contributed by atoms with Gasteiger partial charge in [-0.25, -0.2) is 4.99 Å². The molecule has 3 heterocycles. The Bertz CT molecular complexity index is 930. The smallest absolute Gasteiger partial charge is 0.154 e. The first-order valence-electron chi connectivity index (χ1n) is 7.65. The van der Waals surface area contributed by atoms with Gasteiger partial charge in [0.25, 0.3) is 0 Å². The van der Waals surface area contributed by atoms with Gasteiger partial charge in [-0.05, 0) is 43.3 Å². The fraction of sp³-hybridized carbons (Fsp3) is 0.0526. The minimum atomic E-state index is 0.696. The maximum atomic E-state index is 4.77. The van der Waals surface area contributed by atoms with Crippen LogP contribution in [0.15, 0.2) is 77.3 Å². The van der Waals surface area contributed by atoms with Gasteiger partial charge in [-0.1, -0.05) is 11.6 Å². The molecular weight excluding hydrogens is 298 g/mol. The number of hydrogen-bond donors (Lipinski definition) is 1. The van der Waals surface area contributed by atoms with Gasteiger partial charge in [0.05, 0.1) is 5.69 Å². The number of amidine groups is 1. The molecule has 1 aromatic carbocycles. The summed E-state index contributed by atoms with van der Waals surface area (Å²) in [4.78, 5) is 13.0. The van der Waals surface area contributed by atoms with E-state index in [0.717, 1.165) is 33.7 Å². The quantitative estimate of drug-likeness (QED) is 0.790.